The third-order valence-corrected chi connectivity index (χ3v) is 3.10. The van der Waals surface area contributed by atoms with Crippen LogP contribution in [0.5, 0.6) is 0 Å². The number of amides is 1. The van der Waals surface area contributed by atoms with Crippen molar-refractivity contribution in [2.75, 3.05) is 19.6 Å². The topological polar surface area (TPSA) is 52.6 Å². The van der Waals surface area contributed by atoms with E-state index in [0.717, 1.165) is 13.0 Å². The predicted octanol–water partition coefficient (Wildman–Crippen LogP) is 0.348. The van der Waals surface area contributed by atoms with Crippen LogP contribution < -0.4 is 5.32 Å². The molecule has 2 heterocycles. The van der Waals surface area contributed by atoms with Crippen molar-refractivity contribution in [3.05, 3.63) is 0 Å². The Morgan fingerprint density at radius 3 is 2.92 bits per heavy atom. The highest BCUT2D eigenvalue weighted by molar-refractivity contribution is 5.65. The van der Waals surface area contributed by atoms with Gasteiger partial charge in [-0.15, -0.1) is 0 Å². The molecule has 0 spiro atoms. The van der Waals surface area contributed by atoms with E-state index < -0.39 is 6.09 Å². The molecule has 4 nitrogen and oxygen atoms in total. The number of hydrogen-bond acceptors (Lipinski definition) is 2. The lowest BCUT2D eigenvalue weighted by molar-refractivity contribution is 0.00698. The highest BCUT2D eigenvalue weighted by Gasteiger charge is 2.47. The first kappa shape index (κ1) is 7.86. The van der Waals surface area contributed by atoms with E-state index in [-0.39, 0.29) is 5.41 Å². The maximum Gasteiger partial charge on any atom is 0.407 e. The third-order valence-electron chi connectivity index (χ3n) is 3.10. The lowest BCUT2D eigenvalue weighted by Crippen LogP contribution is -2.68. The maximum atomic E-state index is 10.7. The van der Waals surface area contributed by atoms with Gasteiger partial charge in [-0.2, -0.15) is 0 Å². The first-order valence-corrected chi connectivity index (χ1v) is 4.33. The molecule has 2 aliphatic rings. The van der Waals surface area contributed by atoms with Crippen LogP contribution in [-0.2, 0) is 0 Å². The van der Waals surface area contributed by atoms with Gasteiger partial charge >= 0.3 is 6.09 Å². The fraction of sp³-hybridized carbons (Fsp3) is 0.875. The van der Waals surface area contributed by atoms with Crippen LogP contribution in [0, 0.1) is 5.41 Å². The Balaban J connectivity index is 2.03. The third kappa shape index (κ3) is 0.982. The molecule has 2 fully saturated rings. The van der Waals surface area contributed by atoms with Crippen molar-refractivity contribution >= 4 is 6.09 Å². The number of rotatable bonds is 0. The van der Waals surface area contributed by atoms with Gasteiger partial charge in [0.25, 0.3) is 0 Å². The maximum absolute atomic E-state index is 10.7. The average molecular weight is 170 g/mol. The molecule has 0 aliphatic carbocycles. The minimum atomic E-state index is -0.776. The molecule has 0 bridgehead atoms. The number of carboxylic acid groups (broad SMARTS) is 1. The molecular formula is C8H14N2O2. The first-order valence-electron chi connectivity index (χ1n) is 4.33. The molecule has 2 aliphatic heterocycles. The Bertz CT molecular complexity index is 219. The monoisotopic (exact) mass is 170 g/mol. The number of nitrogens with one attached hydrogen (secondary N) is 1. The van der Waals surface area contributed by atoms with Crippen molar-refractivity contribution in [1.82, 2.24) is 10.2 Å². The largest absolute Gasteiger partial charge is 0.465 e. The van der Waals surface area contributed by atoms with Gasteiger partial charge in [0.2, 0.25) is 0 Å². The minimum Gasteiger partial charge on any atom is -0.465 e. The summed E-state index contributed by atoms with van der Waals surface area (Å²) in [5.41, 5.74) is 0.205. The Kier molecular flexibility index (Phi) is 1.54. The second-order valence-electron chi connectivity index (χ2n) is 4.08. The Morgan fingerprint density at radius 2 is 2.50 bits per heavy atom. The molecule has 4 heteroatoms. The number of piperidine rings is 1. The van der Waals surface area contributed by atoms with E-state index in [1.54, 1.807) is 0 Å². The number of hydrogen-bond donors (Lipinski definition) is 2. The summed E-state index contributed by atoms with van der Waals surface area (Å²) in [6, 6.07) is 0.549. The number of likely N-dealkylation sites (tertiary alicyclic amines) is 1. The quantitative estimate of drug-likeness (QED) is 0.551. The van der Waals surface area contributed by atoms with Gasteiger partial charge in [0.05, 0.1) is 0 Å². The van der Waals surface area contributed by atoms with E-state index in [9.17, 15) is 4.79 Å². The van der Waals surface area contributed by atoms with E-state index >= 15 is 0 Å². The summed E-state index contributed by atoms with van der Waals surface area (Å²) in [7, 11) is 0. The van der Waals surface area contributed by atoms with Crippen molar-refractivity contribution in [2.45, 2.75) is 19.4 Å². The fourth-order valence-corrected chi connectivity index (χ4v) is 2.17. The summed E-state index contributed by atoms with van der Waals surface area (Å²) in [4.78, 5) is 12.2. The van der Waals surface area contributed by atoms with E-state index in [1.165, 1.54) is 4.90 Å². The molecule has 0 aromatic heterocycles. The average Bonchev–Trinajstić information content (AvgIpc) is 1.98. The van der Waals surface area contributed by atoms with Crippen LogP contribution in [0.4, 0.5) is 4.79 Å². The van der Waals surface area contributed by atoms with Gasteiger partial charge in [0.15, 0.2) is 0 Å². The normalized spacial score (nSPS) is 40.1. The molecule has 0 unspecified atom stereocenters. The van der Waals surface area contributed by atoms with E-state index in [1.807, 2.05) is 0 Å². The van der Waals surface area contributed by atoms with Crippen LogP contribution in [0.3, 0.4) is 0 Å². The van der Waals surface area contributed by atoms with Gasteiger partial charge in [-0.1, -0.05) is 6.92 Å². The molecule has 2 rings (SSSR count). The van der Waals surface area contributed by atoms with Gasteiger partial charge in [-0.25, -0.2) is 4.79 Å². The lowest BCUT2D eigenvalue weighted by atomic mass is 9.71. The van der Waals surface area contributed by atoms with Crippen molar-refractivity contribution in [1.29, 1.82) is 0 Å². The number of fused-ring (bicyclic) bond motifs is 1. The second-order valence-corrected chi connectivity index (χ2v) is 4.08. The van der Waals surface area contributed by atoms with Crippen molar-refractivity contribution in [3.8, 4) is 0 Å². The summed E-state index contributed by atoms with van der Waals surface area (Å²) < 4.78 is 0. The Labute approximate surface area is 71.5 Å². The molecule has 2 saturated heterocycles. The summed E-state index contributed by atoms with van der Waals surface area (Å²) in [6.45, 7) is 4.49. The molecule has 1 amide bonds. The molecule has 0 radical (unpaired) electrons. The molecule has 0 aromatic carbocycles. The van der Waals surface area contributed by atoms with Crippen molar-refractivity contribution in [3.63, 3.8) is 0 Å². The molecular weight excluding hydrogens is 156 g/mol. The summed E-state index contributed by atoms with van der Waals surface area (Å²) >= 11 is 0. The molecule has 2 N–H and O–H groups in total. The number of nitrogens with zero attached hydrogens (tertiary/aromatic N) is 1. The van der Waals surface area contributed by atoms with Crippen LogP contribution >= 0.6 is 0 Å². The zero-order chi connectivity index (χ0) is 8.77. The highest BCUT2D eigenvalue weighted by atomic mass is 16.4. The van der Waals surface area contributed by atoms with Crippen molar-refractivity contribution in [2.24, 2.45) is 5.41 Å². The van der Waals surface area contributed by atoms with Crippen LogP contribution in [0.25, 0.3) is 0 Å². The lowest BCUT2D eigenvalue weighted by Gasteiger charge is -2.53. The summed E-state index contributed by atoms with van der Waals surface area (Å²) in [6.07, 6.45) is 0.185. The van der Waals surface area contributed by atoms with E-state index in [4.69, 9.17) is 5.11 Å². The van der Waals surface area contributed by atoms with Gasteiger partial charge in [0, 0.05) is 31.1 Å². The van der Waals surface area contributed by atoms with Crippen LogP contribution in [0.1, 0.15) is 13.3 Å². The van der Waals surface area contributed by atoms with E-state index in [0.29, 0.717) is 19.1 Å². The molecule has 68 valence electrons. The standard InChI is InChI=1S/C8H14N2O2/c1-8-4-9-6(8)2-3-10(5-8)7(11)12/h6,9H,2-5H2,1H3,(H,11,12)/t6-,8+/m1/s1. The Hall–Kier alpha value is -0.770. The smallest absolute Gasteiger partial charge is 0.407 e. The van der Waals surface area contributed by atoms with Crippen LogP contribution in [0.2, 0.25) is 0 Å². The van der Waals surface area contributed by atoms with Gasteiger partial charge in [-0.05, 0) is 6.42 Å². The van der Waals surface area contributed by atoms with Gasteiger partial charge in [0.1, 0.15) is 0 Å². The number of carbonyl (C=O) groups is 1. The molecule has 0 saturated carbocycles. The van der Waals surface area contributed by atoms with E-state index in [2.05, 4.69) is 12.2 Å². The van der Waals surface area contributed by atoms with Gasteiger partial charge in [-0.3, -0.25) is 0 Å². The van der Waals surface area contributed by atoms with Crippen LogP contribution in [0.15, 0.2) is 0 Å². The van der Waals surface area contributed by atoms with Crippen molar-refractivity contribution < 1.29 is 9.90 Å². The summed E-state index contributed by atoms with van der Waals surface area (Å²) in [5, 5.41) is 12.1. The predicted molar refractivity (Wildman–Crippen MR) is 44.1 cm³/mol. The first-order chi connectivity index (χ1) is 5.62. The summed E-state index contributed by atoms with van der Waals surface area (Å²) in [5.74, 6) is 0. The highest BCUT2D eigenvalue weighted by Crippen LogP contribution is 2.35. The SMILES string of the molecule is C[C@@]12CN[C@@H]1CCN(C(=O)O)C2. The molecule has 2 atom stereocenters. The Morgan fingerprint density at radius 1 is 1.75 bits per heavy atom. The zero-order valence-electron chi connectivity index (χ0n) is 7.21. The van der Waals surface area contributed by atoms with Crippen LogP contribution in [-0.4, -0.2) is 41.8 Å². The molecule has 0 aromatic rings. The second kappa shape index (κ2) is 2.36. The zero-order valence-corrected chi connectivity index (χ0v) is 7.21. The fourth-order valence-electron chi connectivity index (χ4n) is 2.17. The molecule has 12 heavy (non-hydrogen) atoms. The van der Waals surface area contributed by atoms with Gasteiger partial charge < -0.3 is 15.3 Å². The minimum absolute atomic E-state index is 0.205.